The number of rotatable bonds is 7. The van der Waals surface area contributed by atoms with E-state index < -0.39 is 11.7 Å². The van der Waals surface area contributed by atoms with Gasteiger partial charge in [-0.3, -0.25) is 4.79 Å². The van der Waals surface area contributed by atoms with Crippen LogP contribution in [0.2, 0.25) is 0 Å². The van der Waals surface area contributed by atoms with Crippen molar-refractivity contribution in [2.75, 3.05) is 18.5 Å². The highest BCUT2D eigenvalue weighted by molar-refractivity contribution is 6.04. The second-order valence-corrected chi connectivity index (χ2v) is 5.47. The number of nitrogens with one attached hydrogen (secondary N) is 1. The molecule has 0 fully saturated rings. The summed E-state index contributed by atoms with van der Waals surface area (Å²) in [7, 11) is 0. The topological polar surface area (TPSA) is 47.6 Å². The molecule has 26 heavy (non-hydrogen) atoms. The number of halogens is 1. The predicted octanol–water partition coefficient (Wildman–Crippen LogP) is 4.54. The molecule has 132 valence electrons. The van der Waals surface area contributed by atoms with Crippen LogP contribution in [0.3, 0.4) is 0 Å². The summed E-state index contributed by atoms with van der Waals surface area (Å²) < 4.78 is 24.9. The largest absolute Gasteiger partial charge is 0.490 e. The number of carbonyl (C=O) groups excluding carboxylic acids is 1. The van der Waals surface area contributed by atoms with E-state index in [4.69, 9.17) is 9.47 Å². The zero-order valence-electron chi connectivity index (χ0n) is 14.0. The molecule has 0 aliphatic heterocycles. The Balaban J connectivity index is 1.53. The molecule has 0 heterocycles. The molecule has 3 aromatic carbocycles. The van der Waals surface area contributed by atoms with Crippen LogP contribution in [-0.4, -0.2) is 19.1 Å². The SMILES string of the molecule is O=C(Nc1cccc(OCCOc2ccccc2)c1)c1ccccc1F. The molecule has 3 aromatic rings. The van der Waals surface area contributed by atoms with Crippen molar-refractivity contribution < 1.29 is 18.7 Å². The first kappa shape index (κ1) is 17.5. The average molecular weight is 351 g/mol. The summed E-state index contributed by atoms with van der Waals surface area (Å²) >= 11 is 0. The molecule has 0 saturated carbocycles. The van der Waals surface area contributed by atoms with Gasteiger partial charge in [-0.25, -0.2) is 4.39 Å². The van der Waals surface area contributed by atoms with Crippen LogP contribution >= 0.6 is 0 Å². The number of hydrogen-bond donors (Lipinski definition) is 1. The standard InChI is InChI=1S/C21H18FNO3/c22-20-12-5-4-11-19(20)21(24)23-16-7-6-10-18(15-16)26-14-13-25-17-8-2-1-3-9-17/h1-12,15H,13-14H2,(H,23,24). The van der Waals surface area contributed by atoms with Crippen molar-refractivity contribution in [2.45, 2.75) is 0 Å². The van der Waals surface area contributed by atoms with Gasteiger partial charge in [0.15, 0.2) is 0 Å². The zero-order valence-corrected chi connectivity index (χ0v) is 14.0. The molecule has 3 rings (SSSR count). The number of amides is 1. The van der Waals surface area contributed by atoms with Crippen molar-refractivity contribution in [1.29, 1.82) is 0 Å². The van der Waals surface area contributed by atoms with Gasteiger partial charge in [0.1, 0.15) is 30.5 Å². The molecule has 0 unspecified atom stereocenters. The van der Waals surface area contributed by atoms with Crippen molar-refractivity contribution in [1.82, 2.24) is 0 Å². The number of carbonyl (C=O) groups is 1. The van der Waals surface area contributed by atoms with Crippen LogP contribution in [0.4, 0.5) is 10.1 Å². The Bertz CT molecular complexity index is 868. The fourth-order valence-electron chi connectivity index (χ4n) is 2.34. The fourth-order valence-corrected chi connectivity index (χ4v) is 2.34. The molecule has 1 amide bonds. The summed E-state index contributed by atoms with van der Waals surface area (Å²) in [5.74, 6) is 0.304. The van der Waals surface area contributed by atoms with E-state index in [9.17, 15) is 9.18 Å². The summed E-state index contributed by atoms with van der Waals surface area (Å²) in [6.07, 6.45) is 0. The highest BCUT2D eigenvalue weighted by Gasteiger charge is 2.11. The van der Waals surface area contributed by atoms with Crippen LogP contribution in [0, 0.1) is 5.82 Å². The maximum atomic E-state index is 13.7. The molecule has 0 saturated heterocycles. The number of anilines is 1. The average Bonchev–Trinajstić information content (AvgIpc) is 2.67. The Morgan fingerprint density at radius 3 is 2.23 bits per heavy atom. The summed E-state index contributed by atoms with van der Waals surface area (Å²) in [5.41, 5.74) is 0.523. The van der Waals surface area contributed by atoms with E-state index >= 15 is 0 Å². The first-order valence-corrected chi connectivity index (χ1v) is 8.19. The van der Waals surface area contributed by atoms with Crippen molar-refractivity contribution in [3.63, 3.8) is 0 Å². The second-order valence-electron chi connectivity index (χ2n) is 5.47. The Kier molecular flexibility index (Phi) is 5.83. The van der Waals surface area contributed by atoms with Crippen molar-refractivity contribution in [3.05, 3.63) is 90.2 Å². The van der Waals surface area contributed by atoms with Gasteiger partial charge in [0.05, 0.1) is 5.56 Å². The van der Waals surface area contributed by atoms with Crippen LogP contribution in [0.5, 0.6) is 11.5 Å². The van der Waals surface area contributed by atoms with E-state index in [1.54, 1.807) is 30.3 Å². The van der Waals surface area contributed by atoms with Gasteiger partial charge in [-0.05, 0) is 36.4 Å². The van der Waals surface area contributed by atoms with E-state index in [0.29, 0.717) is 24.7 Å². The maximum absolute atomic E-state index is 13.7. The van der Waals surface area contributed by atoms with Crippen LogP contribution in [0.15, 0.2) is 78.9 Å². The smallest absolute Gasteiger partial charge is 0.258 e. The first-order chi connectivity index (χ1) is 12.7. The summed E-state index contributed by atoms with van der Waals surface area (Å²) in [6.45, 7) is 0.759. The molecular formula is C21H18FNO3. The minimum absolute atomic E-state index is 0.00455. The number of ether oxygens (including phenoxy) is 2. The van der Waals surface area contributed by atoms with Crippen molar-refractivity contribution in [2.24, 2.45) is 0 Å². The maximum Gasteiger partial charge on any atom is 0.258 e. The lowest BCUT2D eigenvalue weighted by molar-refractivity contribution is 0.102. The third-order valence-electron chi connectivity index (χ3n) is 3.57. The van der Waals surface area contributed by atoms with Gasteiger partial charge in [0.25, 0.3) is 5.91 Å². The van der Waals surface area contributed by atoms with E-state index in [1.165, 1.54) is 18.2 Å². The third kappa shape index (κ3) is 4.83. The molecule has 0 aliphatic rings. The van der Waals surface area contributed by atoms with Crippen molar-refractivity contribution >= 4 is 11.6 Å². The van der Waals surface area contributed by atoms with E-state index in [1.807, 2.05) is 30.3 Å². The molecule has 0 aromatic heterocycles. The van der Waals surface area contributed by atoms with E-state index in [-0.39, 0.29) is 5.56 Å². The van der Waals surface area contributed by atoms with Gasteiger partial charge in [-0.1, -0.05) is 36.4 Å². The summed E-state index contributed by atoms with van der Waals surface area (Å²) in [5, 5.41) is 2.67. The molecule has 5 heteroatoms. The fraction of sp³-hybridized carbons (Fsp3) is 0.0952. The molecule has 0 spiro atoms. The quantitative estimate of drug-likeness (QED) is 0.636. The van der Waals surface area contributed by atoms with Gasteiger partial charge < -0.3 is 14.8 Å². The lowest BCUT2D eigenvalue weighted by Crippen LogP contribution is -2.14. The molecule has 4 nitrogen and oxygen atoms in total. The van der Waals surface area contributed by atoms with Gasteiger partial charge in [0, 0.05) is 11.8 Å². The highest BCUT2D eigenvalue weighted by atomic mass is 19.1. The number of para-hydroxylation sites is 1. The molecule has 0 radical (unpaired) electrons. The predicted molar refractivity (Wildman–Crippen MR) is 98.2 cm³/mol. The van der Waals surface area contributed by atoms with Crippen LogP contribution in [0.1, 0.15) is 10.4 Å². The van der Waals surface area contributed by atoms with Crippen LogP contribution in [-0.2, 0) is 0 Å². The van der Waals surface area contributed by atoms with Crippen LogP contribution in [0.25, 0.3) is 0 Å². The molecule has 0 atom stereocenters. The molecule has 0 bridgehead atoms. The monoisotopic (exact) mass is 351 g/mol. The first-order valence-electron chi connectivity index (χ1n) is 8.19. The Morgan fingerprint density at radius 1 is 0.808 bits per heavy atom. The zero-order chi connectivity index (χ0) is 18.2. The normalized spacial score (nSPS) is 10.2. The molecule has 0 aliphatic carbocycles. The van der Waals surface area contributed by atoms with Crippen molar-refractivity contribution in [3.8, 4) is 11.5 Å². The third-order valence-corrected chi connectivity index (χ3v) is 3.57. The van der Waals surface area contributed by atoms with E-state index in [2.05, 4.69) is 5.32 Å². The second kappa shape index (κ2) is 8.67. The lowest BCUT2D eigenvalue weighted by Gasteiger charge is -2.10. The number of hydrogen-bond acceptors (Lipinski definition) is 3. The summed E-state index contributed by atoms with van der Waals surface area (Å²) in [6, 6.07) is 22.2. The Labute approximate surface area is 151 Å². The van der Waals surface area contributed by atoms with Gasteiger partial charge in [-0.2, -0.15) is 0 Å². The minimum Gasteiger partial charge on any atom is -0.490 e. The Hall–Kier alpha value is -3.34. The highest BCUT2D eigenvalue weighted by Crippen LogP contribution is 2.19. The van der Waals surface area contributed by atoms with Crippen LogP contribution < -0.4 is 14.8 Å². The van der Waals surface area contributed by atoms with Gasteiger partial charge >= 0.3 is 0 Å². The Morgan fingerprint density at radius 2 is 1.46 bits per heavy atom. The van der Waals surface area contributed by atoms with Gasteiger partial charge in [0.2, 0.25) is 0 Å². The molecule has 1 N–H and O–H groups in total. The summed E-state index contributed by atoms with van der Waals surface area (Å²) in [4.78, 5) is 12.2. The number of benzene rings is 3. The molecular weight excluding hydrogens is 333 g/mol. The van der Waals surface area contributed by atoms with Gasteiger partial charge in [-0.15, -0.1) is 0 Å². The lowest BCUT2D eigenvalue weighted by atomic mass is 10.2. The van der Waals surface area contributed by atoms with E-state index in [0.717, 1.165) is 5.75 Å². The minimum atomic E-state index is -0.560.